The number of aliphatic hydroxyl groups excluding tert-OH is 1. The molecular formula is C19H17FN4OS. The Morgan fingerprint density at radius 3 is 2.65 bits per heavy atom. The Bertz CT molecular complexity index is 1040. The Morgan fingerprint density at radius 2 is 1.96 bits per heavy atom. The van der Waals surface area contributed by atoms with Crippen molar-refractivity contribution in [3.63, 3.8) is 0 Å². The molecule has 0 amide bonds. The molecule has 2 N–H and O–H groups in total. The van der Waals surface area contributed by atoms with Gasteiger partial charge in [0.2, 0.25) is 0 Å². The predicted molar refractivity (Wildman–Crippen MR) is 102 cm³/mol. The second-order valence-corrected chi connectivity index (χ2v) is 7.53. The minimum atomic E-state index is -1.04. The lowest BCUT2D eigenvalue weighted by molar-refractivity contribution is 0.210. The third kappa shape index (κ3) is 3.23. The fourth-order valence-electron chi connectivity index (χ4n) is 2.80. The summed E-state index contributed by atoms with van der Waals surface area (Å²) in [6, 6.07) is 7.66. The summed E-state index contributed by atoms with van der Waals surface area (Å²) in [6.45, 7) is 4.70. The molecule has 26 heavy (non-hydrogen) atoms. The molecule has 3 heterocycles. The zero-order chi connectivity index (χ0) is 18.3. The van der Waals surface area contributed by atoms with E-state index in [0.717, 1.165) is 20.9 Å². The first kappa shape index (κ1) is 16.8. The number of hydrogen-bond acceptors (Lipinski definition) is 6. The Hall–Kier alpha value is -2.64. The maximum absolute atomic E-state index is 13.1. The molecule has 3 aromatic rings. The van der Waals surface area contributed by atoms with Crippen molar-refractivity contribution in [2.45, 2.75) is 20.0 Å². The van der Waals surface area contributed by atoms with E-state index >= 15 is 0 Å². The second-order valence-electron chi connectivity index (χ2n) is 6.27. The van der Waals surface area contributed by atoms with E-state index in [9.17, 15) is 9.50 Å². The fraction of sp³-hybridized carbons (Fsp3) is 0.211. The zero-order valence-corrected chi connectivity index (χ0v) is 15.1. The van der Waals surface area contributed by atoms with Crippen LogP contribution in [0.15, 0.2) is 47.0 Å². The molecule has 7 heteroatoms. The average molecular weight is 368 g/mol. The van der Waals surface area contributed by atoms with E-state index in [0.29, 0.717) is 17.9 Å². The Kier molecular flexibility index (Phi) is 4.26. The smallest absolute Gasteiger partial charge is 0.164 e. The summed E-state index contributed by atoms with van der Waals surface area (Å²) >= 11 is 1.59. The minimum Gasteiger partial charge on any atom is -0.380 e. The van der Waals surface area contributed by atoms with E-state index in [-0.39, 0.29) is 11.6 Å². The SMILES string of the molecule is CC1=CC(Nc2nc(C(O)c3ccc(F)cc3)nc3cc(C)sc23)=NC1. The van der Waals surface area contributed by atoms with Crippen LogP contribution in [0.1, 0.15) is 29.3 Å². The lowest BCUT2D eigenvalue weighted by Gasteiger charge is -2.12. The van der Waals surface area contributed by atoms with Gasteiger partial charge in [-0.2, -0.15) is 0 Å². The van der Waals surface area contributed by atoms with Crippen LogP contribution in [-0.4, -0.2) is 27.5 Å². The van der Waals surface area contributed by atoms with E-state index < -0.39 is 6.10 Å². The molecule has 0 bridgehead atoms. The van der Waals surface area contributed by atoms with Crippen molar-refractivity contribution >= 4 is 33.2 Å². The van der Waals surface area contributed by atoms with Gasteiger partial charge >= 0.3 is 0 Å². The number of amidine groups is 1. The van der Waals surface area contributed by atoms with Crippen LogP contribution in [0.3, 0.4) is 0 Å². The van der Waals surface area contributed by atoms with Gasteiger partial charge in [-0.15, -0.1) is 11.3 Å². The number of aromatic nitrogens is 2. The number of hydrogen-bond donors (Lipinski definition) is 2. The molecule has 0 aliphatic carbocycles. The molecule has 0 fully saturated rings. The molecule has 0 saturated heterocycles. The van der Waals surface area contributed by atoms with Crippen LogP contribution in [0.2, 0.25) is 0 Å². The van der Waals surface area contributed by atoms with Gasteiger partial charge in [-0.3, -0.25) is 4.99 Å². The number of aliphatic hydroxyl groups is 1. The van der Waals surface area contributed by atoms with Gasteiger partial charge in [-0.25, -0.2) is 14.4 Å². The highest BCUT2D eigenvalue weighted by molar-refractivity contribution is 7.19. The van der Waals surface area contributed by atoms with E-state index in [1.807, 2.05) is 26.0 Å². The summed E-state index contributed by atoms with van der Waals surface area (Å²) < 4.78 is 14.1. The van der Waals surface area contributed by atoms with Crippen LogP contribution < -0.4 is 5.32 Å². The molecule has 1 aliphatic heterocycles. The third-order valence-electron chi connectivity index (χ3n) is 4.07. The van der Waals surface area contributed by atoms with Crippen molar-refractivity contribution in [3.8, 4) is 0 Å². The first-order valence-corrected chi connectivity index (χ1v) is 9.01. The lowest BCUT2D eigenvalue weighted by atomic mass is 10.1. The second kappa shape index (κ2) is 6.59. The summed E-state index contributed by atoms with van der Waals surface area (Å²) in [7, 11) is 0. The van der Waals surface area contributed by atoms with Crippen LogP contribution in [0.4, 0.5) is 10.2 Å². The first-order chi connectivity index (χ1) is 12.5. The topological polar surface area (TPSA) is 70.4 Å². The number of aryl methyl sites for hydroxylation is 1. The van der Waals surface area contributed by atoms with E-state index in [2.05, 4.69) is 20.3 Å². The maximum Gasteiger partial charge on any atom is 0.164 e. The van der Waals surface area contributed by atoms with E-state index in [4.69, 9.17) is 0 Å². The lowest BCUT2D eigenvalue weighted by Crippen LogP contribution is -2.12. The van der Waals surface area contributed by atoms with Gasteiger partial charge in [-0.05, 0) is 49.3 Å². The highest BCUT2D eigenvalue weighted by Crippen LogP contribution is 2.32. The predicted octanol–water partition coefficient (Wildman–Crippen LogP) is 3.99. The molecule has 1 aliphatic rings. The minimum absolute atomic E-state index is 0.267. The number of fused-ring (bicyclic) bond motifs is 1. The highest BCUT2D eigenvalue weighted by Gasteiger charge is 2.19. The van der Waals surface area contributed by atoms with Gasteiger partial charge in [0, 0.05) is 4.88 Å². The fourth-order valence-corrected chi connectivity index (χ4v) is 3.69. The number of benzene rings is 1. The summed E-state index contributed by atoms with van der Waals surface area (Å²) in [5, 5.41) is 13.9. The van der Waals surface area contributed by atoms with Gasteiger partial charge in [-0.1, -0.05) is 12.1 Å². The molecule has 0 radical (unpaired) electrons. The van der Waals surface area contributed by atoms with Gasteiger partial charge in [0.25, 0.3) is 0 Å². The van der Waals surface area contributed by atoms with Gasteiger partial charge in [0.15, 0.2) is 11.6 Å². The van der Waals surface area contributed by atoms with Crippen molar-refractivity contribution in [1.29, 1.82) is 0 Å². The molecule has 0 saturated carbocycles. The van der Waals surface area contributed by atoms with Crippen LogP contribution in [0.5, 0.6) is 0 Å². The Labute approximate surface area is 154 Å². The molecule has 132 valence electrons. The van der Waals surface area contributed by atoms with Crippen LogP contribution in [-0.2, 0) is 0 Å². The Balaban J connectivity index is 1.76. The largest absolute Gasteiger partial charge is 0.380 e. The van der Waals surface area contributed by atoms with Crippen LogP contribution >= 0.6 is 11.3 Å². The van der Waals surface area contributed by atoms with Crippen molar-refractivity contribution < 1.29 is 9.50 Å². The van der Waals surface area contributed by atoms with Crippen molar-refractivity contribution in [1.82, 2.24) is 9.97 Å². The monoisotopic (exact) mass is 368 g/mol. The molecule has 2 aromatic heterocycles. The first-order valence-electron chi connectivity index (χ1n) is 8.20. The quantitative estimate of drug-likeness (QED) is 0.733. The zero-order valence-electron chi connectivity index (χ0n) is 14.3. The van der Waals surface area contributed by atoms with Crippen molar-refractivity contribution in [3.05, 3.63) is 64.1 Å². The molecule has 1 unspecified atom stereocenters. The average Bonchev–Trinajstić information content (AvgIpc) is 3.19. The molecule has 1 atom stereocenters. The van der Waals surface area contributed by atoms with Gasteiger partial charge in [0.1, 0.15) is 17.8 Å². The number of thiophene rings is 1. The molecule has 5 nitrogen and oxygen atoms in total. The van der Waals surface area contributed by atoms with Crippen LogP contribution in [0.25, 0.3) is 10.2 Å². The molecular weight excluding hydrogens is 351 g/mol. The van der Waals surface area contributed by atoms with E-state index in [1.54, 1.807) is 11.3 Å². The van der Waals surface area contributed by atoms with Crippen molar-refractivity contribution in [2.75, 3.05) is 11.9 Å². The molecule has 1 aromatic carbocycles. The van der Waals surface area contributed by atoms with Gasteiger partial charge < -0.3 is 10.4 Å². The molecule has 4 rings (SSSR count). The normalized spacial score (nSPS) is 15.1. The summed E-state index contributed by atoms with van der Waals surface area (Å²) in [5.74, 6) is 1.28. The number of rotatable bonds is 3. The summed E-state index contributed by atoms with van der Waals surface area (Å²) in [4.78, 5) is 14.6. The van der Waals surface area contributed by atoms with Gasteiger partial charge in [0.05, 0.1) is 16.8 Å². The third-order valence-corrected chi connectivity index (χ3v) is 5.12. The highest BCUT2D eigenvalue weighted by atomic mass is 32.1. The summed E-state index contributed by atoms with van der Waals surface area (Å²) in [6.07, 6.45) is 0.938. The number of aliphatic imine (C=N–C) groups is 1. The standard InChI is InChI=1S/C19H17FN4OS/c1-10-7-15(21-9-10)23-19-17-14(8-11(2)26-17)22-18(24-19)16(25)12-3-5-13(20)6-4-12/h3-8,16,25H,9H2,1-2H3,(H,21,22,23,24). The van der Waals surface area contributed by atoms with Crippen LogP contribution in [0, 0.1) is 12.7 Å². The maximum atomic E-state index is 13.1. The summed E-state index contributed by atoms with van der Waals surface area (Å²) in [5.41, 5.74) is 2.48. The van der Waals surface area contributed by atoms with E-state index in [1.165, 1.54) is 29.8 Å². The number of nitrogens with one attached hydrogen (secondary N) is 1. The number of nitrogens with zero attached hydrogens (tertiary/aromatic N) is 3. The number of anilines is 1. The van der Waals surface area contributed by atoms with Crippen molar-refractivity contribution in [2.24, 2.45) is 4.99 Å². The molecule has 0 spiro atoms. The number of halogens is 1. The Morgan fingerprint density at radius 1 is 1.19 bits per heavy atom.